The first kappa shape index (κ1) is 20.2. The van der Waals surface area contributed by atoms with Crippen molar-refractivity contribution in [1.82, 2.24) is 10.2 Å². The Morgan fingerprint density at radius 2 is 1.79 bits per heavy atom. The lowest BCUT2D eigenvalue weighted by Gasteiger charge is -2.32. The van der Waals surface area contributed by atoms with Crippen LogP contribution in [0.5, 0.6) is 0 Å². The topological polar surface area (TPSA) is 49.4 Å². The van der Waals surface area contributed by atoms with Crippen molar-refractivity contribution < 1.29 is 14.0 Å². The summed E-state index contributed by atoms with van der Waals surface area (Å²) in [6.07, 6.45) is 3.10. The molecule has 2 aromatic carbocycles. The summed E-state index contributed by atoms with van der Waals surface area (Å²) < 4.78 is 12.9. The number of nitrogens with zero attached hydrogens (tertiary/aromatic N) is 1. The van der Waals surface area contributed by atoms with Crippen molar-refractivity contribution in [2.24, 2.45) is 0 Å². The molecular formula is C23H27FN2O2. The lowest BCUT2D eigenvalue weighted by Crippen LogP contribution is -2.44. The van der Waals surface area contributed by atoms with Gasteiger partial charge in [0.25, 0.3) is 5.91 Å². The van der Waals surface area contributed by atoms with Crippen LogP contribution in [-0.2, 0) is 0 Å². The minimum absolute atomic E-state index is 0.00737. The van der Waals surface area contributed by atoms with Gasteiger partial charge in [-0.3, -0.25) is 9.59 Å². The van der Waals surface area contributed by atoms with E-state index in [-0.39, 0.29) is 23.5 Å². The van der Waals surface area contributed by atoms with Crippen LogP contribution < -0.4 is 5.32 Å². The van der Waals surface area contributed by atoms with Crippen molar-refractivity contribution in [2.75, 3.05) is 19.6 Å². The summed E-state index contributed by atoms with van der Waals surface area (Å²) in [6, 6.07) is 13.6. The predicted octanol–water partition coefficient (Wildman–Crippen LogP) is 3.99. The second-order valence-electron chi connectivity index (χ2n) is 7.49. The first-order valence-corrected chi connectivity index (χ1v) is 9.90. The molecule has 0 atom stereocenters. The second kappa shape index (κ2) is 9.60. The number of Topliss-reactive ketones (excluding diaryl/α,β-unsaturated/α-hetero) is 1. The zero-order chi connectivity index (χ0) is 19.9. The zero-order valence-electron chi connectivity index (χ0n) is 16.3. The van der Waals surface area contributed by atoms with Gasteiger partial charge in [-0.05, 0) is 69.1 Å². The molecule has 1 aliphatic rings. The van der Waals surface area contributed by atoms with E-state index in [0.29, 0.717) is 17.5 Å². The molecule has 3 rings (SSSR count). The summed E-state index contributed by atoms with van der Waals surface area (Å²) in [4.78, 5) is 26.8. The Balaban J connectivity index is 1.36. The van der Waals surface area contributed by atoms with Gasteiger partial charge >= 0.3 is 0 Å². The zero-order valence-corrected chi connectivity index (χ0v) is 16.3. The second-order valence-corrected chi connectivity index (χ2v) is 7.49. The molecule has 0 spiro atoms. The molecule has 28 heavy (non-hydrogen) atoms. The van der Waals surface area contributed by atoms with E-state index in [4.69, 9.17) is 0 Å². The Bertz CT molecular complexity index is 812. The van der Waals surface area contributed by atoms with E-state index in [1.54, 1.807) is 12.1 Å². The smallest absolute Gasteiger partial charge is 0.251 e. The van der Waals surface area contributed by atoms with E-state index in [2.05, 4.69) is 10.2 Å². The molecule has 0 aliphatic carbocycles. The van der Waals surface area contributed by atoms with Crippen LogP contribution in [0.2, 0.25) is 0 Å². The largest absolute Gasteiger partial charge is 0.349 e. The van der Waals surface area contributed by atoms with Crippen LogP contribution in [-0.4, -0.2) is 42.3 Å². The minimum Gasteiger partial charge on any atom is -0.349 e. The molecule has 1 saturated heterocycles. The number of piperidine rings is 1. The number of nitrogens with one attached hydrogen (secondary N) is 1. The lowest BCUT2D eigenvalue weighted by atomic mass is 10.0. The Labute approximate surface area is 165 Å². The molecule has 148 valence electrons. The van der Waals surface area contributed by atoms with E-state index in [1.807, 2.05) is 31.2 Å². The fourth-order valence-electron chi connectivity index (χ4n) is 3.60. The Morgan fingerprint density at radius 3 is 2.46 bits per heavy atom. The molecule has 1 N–H and O–H groups in total. The van der Waals surface area contributed by atoms with Crippen LogP contribution in [0, 0.1) is 12.7 Å². The van der Waals surface area contributed by atoms with Crippen LogP contribution in [0.25, 0.3) is 0 Å². The highest BCUT2D eigenvalue weighted by Crippen LogP contribution is 2.14. The Morgan fingerprint density at radius 1 is 1.07 bits per heavy atom. The number of ketones is 1. The van der Waals surface area contributed by atoms with Crippen molar-refractivity contribution in [1.29, 1.82) is 0 Å². The summed E-state index contributed by atoms with van der Waals surface area (Å²) >= 11 is 0. The molecule has 5 heteroatoms. The third-order valence-electron chi connectivity index (χ3n) is 5.25. The van der Waals surface area contributed by atoms with Crippen LogP contribution in [0.15, 0.2) is 48.5 Å². The summed E-state index contributed by atoms with van der Waals surface area (Å²) in [5.41, 5.74) is 2.36. The fourth-order valence-corrected chi connectivity index (χ4v) is 3.60. The molecule has 0 aromatic heterocycles. The van der Waals surface area contributed by atoms with E-state index in [9.17, 15) is 14.0 Å². The maximum absolute atomic E-state index is 12.9. The van der Waals surface area contributed by atoms with Gasteiger partial charge in [0, 0.05) is 36.7 Å². The van der Waals surface area contributed by atoms with Gasteiger partial charge < -0.3 is 10.2 Å². The molecule has 0 unspecified atom stereocenters. The number of carbonyl (C=O) groups is 2. The van der Waals surface area contributed by atoms with Crippen molar-refractivity contribution >= 4 is 11.7 Å². The van der Waals surface area contributed by atoms with Crippen molar-refractivity contribution in [3.8, 4) is 0 Å². The number of carbonyl (C=O) groups excluding carboxylic acids is 2. The van der Waals surface area contributed by atoms with Crippen molar-refractivity contribution in [3.63, 3.8) is 0 Å². The van der Waals surface area contributed by atoms with Crippen molar-refractivity contribution in [2.45, 2.75) is 38.6 Å². The number of halogens is 1. The fraction of sp³-hybridized carbons (Fsp3) is 0.391. The van der Waals surface area contributed by atoms with Crippen LogP contribution in [0.1, 0.15) is 52.0 Å². The van der Waals surface area contributed by atoms with Crippen molar-refractivity contribution in [3.05, 3.63) is 71.0 Å². The summed E-state index contributed by atoms with van der Waals surface area (Å²) in [5, 5.41) is 3.13. The van der Waals surface area contributed by atoms with Gasteiger partial charge in [0.15, 0.2) is 5.78 Å². The average Bonchev–Trinajstić information content (AvgIpc) is 2.69. The SMILES string of the molecule is Cc1cccc(C(=O)NC2CCN(CCCC(=O)c3ccc(F)cc3)CC2)c1. The van der Waals surface area contributed by atoms with Crippen LogP contribution in [0.3, 0.4) is 0 Å². The molecule has 1 amide bonds. The number of rotatable bonds is 7. The monoisotopic (exact) mass is 382 g/mol. The standard InChI is InChI=1S/C23H27FN2O2/c1-17-4-2-5-19(16-17)23(28)25-21-11-14-26(15-12-21)13-3-6-22(27)18-7-9-20(24)10-8-18/h2,4-5,7-10,16,21H,3,6,11-15H2,1H3,(H,25,28). The minimum atomic E-state index is -0.325. The first-order chi connectivity index (χ1) is 13.5. The quantitative estimate of drug-likeness (QED) is 0.737. The summed E-state index contributed by atoms with van der Waals surface area (Å²) in [5.74, 6) is -0.277. The third-order valence-corrected chi connectivity index (χ3v) is 5.25. The molecule has 0 bridgehead atoms. The van der Waals surface area contributed by atoms with Crippen LogP contribution in [0.4, 0.5) is 4.39 Å². The van der Waals surface area contributed by atoms with Gasteiger partial charge in [-0.1, -0.05) is 17.7 Å². The Kier molecular flexibility index (Phi) is 6.93. The van der Waals surface area contributed by atoms with Gasteiger partial charge in [-0.15, -0.1) is 0 Å². The molecule has 4 nitrogen and oxygen atoms in total. The molecule has 1 heterocycles. The normalized spacial score (nSPS) is 15.4. The van der Waals surface area contributed by atoms with Gasteiger partial charge in [-0.2, -0.15) is 0 Å². The van der Waals surface area contributed by atoms with E-state index in [0.717, 1.165) is 44.5 Å². The molecule has 2 aromatic rings. The molecule has 0 saturated carbocycles. The maximum atomic E-state index is 12.9. The molecule has 1 fully saturated rings. The number of aryl methyl sites for hydroxylation is 1. The average molecular weight is 382 g/mol. The number of amides is 1. The summed E-state index contributed by atoms with van der Waals surface area (Å²) in [6.45, 7) is 4.69. The Hall–Kier alpha value is -2.53. The third kappa shape index (κ3) is 5.73. The van der Waals surface area contributed by atoms with Gasteiger partial charge in [0.2, 0.25) is 0 Å². The number of likely N-dealkylation sites (tertiary alicyclic amines) is 1. The van der Waals surface area contributed by atoms with E-state index >= 15 is 0 Å². The molecule has 0 radical (unpaired) electrons. The van der Waals surface area contributed by atoms with Gasteiger partial charge in [-0.25, -0.2) is 4.39 Å². The first-order valence-electron chi connectivity index (χ1n) is 9.90. The van der Waals surface area contributed by atoms with E-state index < -0.39 is 0 Å². The number of hydrogen-bond acceptors (Lipinski definition) is 3. The number of hydrogen-bond donors (Lipinski definition) is 1. The van der Waals surface area contributed by atoms with Crippen LogP contribution >= 0.6 is 0 Å². The van der Waals surface area contributed by atoms with Gasteiger partial charge in [0.1, 0.15) is 5.82 Å². The van der Waals surface area contributed by atoms with E-state index in [1.165, 1.54) is 12.1 Å². The van der Waals surface area contributed by atoms with Gasteiger partial charge in [0.05, 0.1) is 0 Å². The lowest BCUT2D eigenvalue weighted by molar-refractivity contribution is 0.0903. The highest BCUT2D eigenvalue weighted by molar-refractivity contribution is 5.96. The molecule has 1 aliphatic heterocycles. The highest BCUT2D eigenvalue weighted by atomic mass is 19.1. The molecular weight excluding hydrogens is 355 g/mol. The predicted molar refractivity (Wildman–Crippen MR) is 108 cm³/mol. The summed E-state index contributed by atoms with van der Waals surface area (Å²) in [7, 11) is 0. The highest BCUT2D eigenvalue weighted by Gasteiger charge is 2.21. The maximum Gasteiger partial charge on any atom is 0.251 e. The number of benzene rings is 2.